The van der Waals surface area contributed by atoms with E-state index in [0.29, 0.717) is 12.8 Å². The van der Waals surface area contributed by atoms with Crippen LogP contribution in [0.15, 0.2) is 24.3 Å². The molecule has 1 fully saturated rings. The summed E-state index contributed by atoms with van der Waals surface area (Å²) in [6.07, 6.45) is 49.8. The molecule has 1 aliphatic rings. The van der Waals surface area contributed by atoms with Gasteiger partial charge >= 0.3 is 0 Å². The van der Waals surface area contributed by atoms with Crippen molar-refractivity contribution in [3.63, 3.8) is 0 Å². The number of amides is 1. The highest BCUT2D eigenvalue weighted by molar-refractivity contribution is 5.80. The highest BCUT2D eigenvalue weighted by Crippen LogP contribution is 2.23. The van der Waals surface area contributed by atoms with Crippen molar-refractivity contribution in [3.05, 3.63) is 24.3 Å². The Kier molecular flexibility index (Phi) is 48.0. The van der Waals surface area contributed by atoms with E-state index in [9.17, 15) is 40.5 Å². The van der Waals surface area contributed by atoms with E-state index < -0.39 is 74.2 Å². The Morgan fingerprint density at radius 3 is 1.19 bits per heavy atom. The van der Waals surface area contributed by atoms with Crippen LogP contribution in [-0.2, 0) is 14.3 Å². The van der Waals surface area contributed by atoms with Crippen molar-refractivity contribution < 1.29 is 50.0 Å². The van der Waals surface area contributed by atoms with E-state index in [2.05, 4.69) is 43.5 Å². The van der Waals surface area contributed by atoms with Crippen LogP contribution in [0.2, 0.25) is 0 Å². The number of allylic oxidation sites excluding steroid dienone is 4. The second kappa shape index (κ2) is 50.4. The molecule has 0 aromatic rings. The van der Waals surface area contributed by atoms with Crippen molar-refractivity contribution in [2.45, 2.75) is 345 Å². The van der Waals surface area contributed by atoms with Crippen LogP contribution in [0, 0.1) is 0 Å². The predicted octanol–water partition coefficient (Wildman–Crippen LogP) is 13.3. The van der Waals surface area contributed by atoms with Gasteiger partial charge in [-0.3, -0.25) is 4.79 Å². The lowest BCUT2D eigenvalue weighted by Gasteiger charge is -2.40. The van der Waals surface area contributed by atoms with Crippen LogP contribution < -0.4 is 5.32 Å². The van der Waals surface area contributed by atoms with Gasteiger partial charge in [0.25, 0.3) is 0 Å². The summed E-state index contributed by atoms with van der Waals surface area (Å²) in [5.41, 5.74) is 0. The first-order valence-corrected chi connectivity index (χ1v) is 30.7. The average molecular weight is 1020 g/mol. The van der Waals surface area contributed by atoms with Crippen molar-refractivity contribution in [1.82, 2.24) is 5.32 Å². The number of hydrogen-bond donors (Lipinski definition) is 8. The minimum atomic E-state index is -1.67. The first-order valence-electron chi connectivity index (χ1n) is 30.7. The van der Waals surface area contributed by atoms with Crippen LogP contribution in [0.5, 0.6) is 0 Å². The summed E-state index contributed by atoms with van der Waals surface area (Å²) in [6.45, 7) is 3.45. The van der Waals surface area contributed by atoms with E-state index >= 15 is 0 Å². The molecule has 1 heterocycles. The molecule has 1 amide bonds. The number of carbonyl (C=O) groups is 1. The molecular formula is C61H117NO10. The van der Waals surface area contributed by atoms with Crippen molar-refractivity contribution in [3.8, 4) is 0 Å². The quantitative estimate of drug-likeness (QED) is 0.0215. The average Bonchev–Trinajstić information content (AvgIpc) is 3.38. The van der Waals surface area contributed by atoms with Crippen molar-refractivity contribution in [1.29, 1.82) is 0 Å². The van der Waals surface area contributed by atoms with Gasteiger partial charge in [0, 0.05) is 0 Å². The lowest BCUT2D eigenvalue weighted by molar-refractivity contribution is -0.303. The summed E-state index contributed by atoms with van der Waals surface area (Å²) in [5.74, 6) is -0.703. The van der Waals surface area contributed by atoms with Crippen LogP contribution in [0.3, 0.4) is 0 Å². The van der Waals surface area contributed by atoms with Gasteiger partial charge in [-0.2, -0.15) is 0 Å². The second-order valence-electron chi connectivity index (χ2n) is 21.8. The van der Waals surface area contributed by atoms with Crippen molar-refractivity contribution >= 4 is 5.91 Å². The standard InChI is InChI=1S/C61H117NO10/c1-3-5-7-9-11-13-15-17-18-19-20-21-22-23-24-25-26-27-28-29-30-31-32-33-34-35-37-39-41-43-45-47-49-54(65)60(70)62-52(51-71-61-59(69)58(68)57(67)55(50-63)72-61)56(66)53(64)48-46-44-42-40-38-36-16-14-12-10-8-6-4-2/h23-24,40,42,52-59,61,63-69H,3-22,25-39,41,43-51H2,1-2H3,(H,62,70)/b24-23-,42-40+. The summed E-state index contributed by atoms with van der Waals surface area (Å²) < 4.78 is 11.1. The van der Waals surface area contributed by atoms with Crippen molar-refractivity contribution in [2.75, 3.05) is 13.2 Å². The first-order chi connectivity index (χ1) is 35.2. The van der Waals surface area contributed by atoms with E-state index in [1.807, 2.05) is 0 Å². The number of aliphatic hydroxyl groups excluding tert-OH is 7. The molecule has 72 heavy (non-hydrogen) atoms. The first kappa shape index (κ1) is 68.6. The molecule has 426 valence electrons. The monoisotopic (exact) mass is 1020 g/mol. The molecule has 0 spiro atoms. The Hall–Kier alpha value is -1.41. The van der Waals surface area contributed by atoms with Gasteiger partial charge in [0.05, 0.1) is 25.4 Å². The summed E-state index contributed by atoms with van der Waals surface area (Å²) >= 11 is 0. The van der Waals surface area contributed by atoms with Gasteiger partial charge in [0.15, 0.2) is 6.29 Å². The Morgan fingerprint density at radius 2 is 0.819 bits per heavy atom. The SMILES string of the molecule is CCCCCCCCCC/C=C/CCCC(O)C(O)C(COC1OC(CO)C(O)C(O)C1O)NC(=O)C(O)CCCCCCCCCCCCCCCCCC/C=C\CCCCCCCCCCCCCC. The molecule has 9 atom stereocenters. The molecule has 11 heteroatoms. The van der Waals surface area contributed by atoms with Crippen LogP contribution in [0.25, 0.3) is 0 Å². The summed E-state index contributed by atoms with van der Waals surface area (Å²) in [4.78, 5) is 13.2. The fourth-order valence-corrected chi connectivity index (χ4v) is 9.97. The van der Waals surface area contributed by atoms with Gasteiger partial charge in [-0.15, -0.1) is 0 Å². The molecule has 0 saturated carbocycles. The van der Waals surface area contributed by atoms with E-state index in [0.717, 1.165) is 38.5 Å². The molecule has 9 unspecified atom stereocenters. The number of rotatable bonds is 53. The zero-order valence-corrected chi connectivity index (χ0v) is 46.7. The fourth-order valence-electron chi connectivity index (χ4n) is 9.97. The Balaban J connectivity index is 2.18. The fraction of sp³-hybridized carbons (Fsp3) is 0.918. The van der Waals surface area contributed by atoms with Gasteiger partial charge in [-0.25, -0.2) is 0 Å². The number of unbranched alkanes of at least 4 members (excludes halogenated alkanes) is 37. The zero-order valence-electron chi connectivity index (χ0n) is 46.7. The second-order valence-corrected chi connectivity index (χ2v) is 21.8. The molecule has 0 radical (unpaired) electrons. The van der Waals surface area contributed by atoms with Gasteiger partial charge in [-0.05, 0) is 64.2 Å². The molecular weight excluding hydrogens is 907 g/mol. The number of aliphatic hydroxyl groups is 7. The Morgan fingerprint density at radius 1 is 0.472 bits per heavy atom. The summed E-state index contributed by atoms with van der Waals surface area (Å²) in [7, 11) is 0. The maximum atomic E-state index is 13.2. The minimum Gasteiger partial charge on any atom is -0.394 e. The molecule has 1 rings (SSSR count). The number of ether oxygens (including phenoxy) is 2. The molecule has 1 aliphatic heterocycles. The molecule has 0 aliphatic carbocycles. The van der Waals surface area contributed by atoms with Gasteiger partial charge in [0.1, 0.15) is 36.6 Å². The number of carbonyl (C=O) groups excluding carboxylic acids is 1. The van der Waals surface area contributed by atoms with Gasteiger partial charge in [0.2, 0.25) is 5.91 Å². The molecule has 11 nitrogen and oxygen atoms in total. The molecule has 1 saturated heterocycles. The largest absolute Gasteiger partial charge is 0.394 e. The minimum absolute atomic E-state index is 0.257. The maximum absolute atomic E-state index is 13.2. The molecule has 0 aromatic heterocycles. The highest BCUT2D eigenvalue weighted by Gasteiger charge is 2.44. The van der Waals surface area contributed by atoms with E-state index in [1.54, 1.807) is 0 Å². The van der Waals surface area contributed by atoms with E-state index in [1.165, 1.54) is 212 Å². The summed E-state index contributed by atoms with van der Waals surface area (Å²) in [6, 6.07) is -1.18. The van der Waals surface area contributed by atoms with E-state index in [4.69, 9.17) is 9.47 Å². The molecule has 0 bridgehead atoms. The van der Waals surface area contributed by atoms with Crippen LogP contribution in [0.1, 0.15) is 290 Å². The van der Waals surface area contributed by atoms with Gasteiger partial charge in [-0.1, -0.05) is 250 Å². The molecule has 0 aromatic carbocycles. The normalized spacial score (nSPS) is 20.2. The third-order valence-electron chi connectivity index (χ3n) is 15.0. The van der Waals surface area contributed by atoms with E-state index in [-0.39, 0.29) is 12.8 Å². The van der Waals surface area contributed by atoms with Crippen LogP contribution >= 0.6 is 0 Å². The topological polar surface area (TPSA) is 189 Å². The number of nitrogens with one attached hydrogen (secondary N) is 1. The maximum Gasteiger partial charge on any atom is 0.249 e. The highest BCUT2D eigenvalue weighted by atomic mass is 16.7. The summed E-state index contributed by atoms with van der Waals surface area (Å²) in [5, 5.41) is 76.0. The third-order valence-corrected chi connectivity index (χ3v) is 15.0. The zero-order chi connectivity index (χ0) is 52.5. The van der Waals surface area contributed by atoms with Crippen molar-refractivity contribution in [2.24, 2.45) is 0 Å². The Bertz CT molecular complexity index is 1220. The predicted molar refractivity (Wildman–Crippen MR) is 298 cm³/mol. The number of hydrogen-bond acceptors (Lipinski definition) is 10. The molecule has 8 N–H and O–H groups in total. The lowest BCUT2D eigenvalue weighted by atomic mass is 9.98. The van der Waals surface area contributed by atoms with Gasteiger partial charge < -0.3 is 50.5 Å². The smallest absolute Gasteiger partial charge is 0.249 e. The van der Waals surface area contributed by atoms with Crippen LogP contribution in [-0.4, -0.2) is 110 Å². The third kappa shape index (κ3) is 38.2. The van der Waals surface area contributed by atoms with Crippen LogP contribution in [0.4, 0.5) is 0 Å². The lowest BCUT2D eigenvalue weighted by Crippen LogP contribution is -2.60. The Labute approximate surface area is 442 Å².